The predicted molar refractivity (Wildman–Crippen MR) is 88.4 cm³/mol. The third-order valence-electron chi connectivity index (χ3n) is 3.90. The lowest BCUT2D eigenvalue weighted by atomic mass is 9.88. The minimum Gasteiger partial charge on any atom is -0.366 e. The van der Waals surface area contributed by atoms with Gasteiger partial charge in [-0.2, -0.15) is 0 Å². The van der Waals surface area contributed by atoms with Crippen LogP contribution >= 0.6 is 0 Å². The van der Waals surface area contributed by atoms with Crippen molar-refractivity contribution in [2.45, 2.75) is 18.3 Å². The van der Waals surface area contributed by atoms with Crippen molar-refractivity contribution in [3.8, 4) is 0 Å². The first-order valence-corrected chi connectivity index (χ1v) is 7.50. The summed E-state index contributed by atoms with van der Waals surface area (Å²) >= 11 is 0. The van der Waals surface area contributed by atoms with Gasteiger partial charge in [0.2, 0.25) is 0 Å². The van der Waals surface area contributed by atoms with Gasteiger partial charge in [0.25, 0.3) is 0 Å². The molecule has 112 valence electrons. The van der Waals surface area contributed by atoms with Crippen molar-refractivity contribution >= 4 is 0 Å². The molecule has 0 aromatic heterocycles. The summed E-state index contributed by atoms with van der Waals surface area (Å²) in [6, 6.07) is 20.3. The second-order valence-electron chi connectivity index (χ2n) is 5.36. The molecule has 1 heterocycles. The summed E-state index contributed by atoms with van der Waals surface area (Å²) in [5, 5.41) is 0. The van der Waals surface area contributed by atoms with E-state index in [1.807, 2.05) is 48.6 Å². The first-order chi connectivity index (χ1) is 10.8. The Kier molecular flexibility index (Phi) is 4.52. The zero-order valence-corrected chi connectivity index (χ0v) is 12.5. The highest BCUT2D eigenvalue weighted by molar-refractivity contribution is 5.30. The molecule has 0 radical (unpaired) electrons. The van der Waals surface area contributed by atoms with Crippen molar-refractivity contribution in [1.29, 1.82) is 0 Å². The molecule has 2 aromatic carbocycles. The molecule has 22 heavy (non-hydrogen) atoms. The fourth-order valence-corrected chi connectivity index (χ4v) is 2.73. The van der Waals surface area contributed by atoms with Crippen LogP contribution in [0.5, 0.6) is 0 Å². The molecule has 0 unspecified atom stereocenters. The lowest BCUT2D eigenvalue weighted by Gasteiger charge is -2.38. The number of hydrogen-bond donors (Lipinski definition) is 0. The molecule has 0 saturated heterocycles. The molecular weight excluding hydrogens is 272 g/mol. The summed E-state index contributed by atoms with van der Waals surface area (Å²) in [6.07, 6.45) is 5.71. The van der Waals surface area contributed by atoms with E-state index in [9.17, 15) is 0 Å². The van der Waals surface area contributed by atoms with Crippen molar-refractivity contribution in [3.63, 3.8) is 0 Å². The van der Waals surface area contributed by atoms with Gasteiger partial charge >= 0.3 is 0 Å². The van der Waals surface area contributed by atoms with Crippen LogP contribution in [0.15, 0.2) is 85.5 Å². The van der Waals surface area contributed by atoms with E-state index < -0.39 is 5.60 Å². The minimum atomic E-state index is -0.643. The van der Waals surface area contributed by atoms with Gasteiger partial charge < -0.3 is 9.47 Å². The van der Waals surface area contributed by atoms with Gasteiger partial charge in [-0.05, 0) is 17.2 Å². The molecule has 1 aliphatic heterocycles. The largest absolute Gasteiger partial charge is 0.366 e. The topological polar surface area (TPSA) is 18.5 Å². The van der Waals surface area contributed by atoms with Gasteiger partial charge in [-0.15, -0.1) is 0 Å². The van der Waals surface area contributed by atoms with Crippen molar-refractivity contribution in [2.24, 2.45) is 0 Å². The Bertz CT molecular complexity index is 633. The predicted octanol–water partition coefficient (Wildman–Crippen LogP) is 4.46. The Morgan fingerprint density at radius 1 is 1.09 bits per heavy atom. The summed E-state index contributed by atoms with van der Waals surface area (Å²) in [6.45, 7) is 5.09. The molecular formula is C20H20O2. The van der Waals surface area contributed by atoms with Gasteiger partial charge in [-0.25, -0.2) is 0 Å². The van der Waals surface area contributed by atoms with Crippen LogP contribution in [-0.4, -0.2) is 12.2 Å². The second kappa shape index (κ2) is 6.73. The zero-order chi connectivity index (χ0) is 15.3. The SMILES string of the molecule is C=C[C@]1(OCc2ccccc2)C=CCO[C@H]1c1ccccc1. The van der Waals surface area contributed by atoms with Crippen molar-refractivity contribution in [2.75, 3.05) is 6.61 Å². The first kappa shape index (κ1) is 14.8. The van der Waals surface area contributed by atoms with Gasteiger partial charge in [0.1, 0.15) is 11.7 Å². The highest BCUT2D eigenvalue weighted by Crippen LogP contribution is 2.38. The quantitative estimate of drug-likeness (QED) is 0.758. The first-order valence-electron chi connectivity index (χ1n) is 7.50. The van der Waals surface area contributed by atoms with E-state index in [1.54, 1.807) is 0 Å². The Balaban J connectivity index is 1.86. The monoisotopic (exact) mass is 292 g/mol. The molecule has 2 nitrogen and oxygen atoms in total. The van der Waals surface area contributed by atoms with Gasteiger partial charge in [0, 0.05) is 0 Å². The Morgan fingerprint density at radius 2 is 1.77 bits per heavy atom. The van der Waals surface area contributed by atoms with E-state index in [0.717, 1.165) is 11.1 Å². The molecule has 2 aromatic rings. The van der Waals surface area contributed by atoms with Crippen LogP contribution in [-0.2, 0) is 16.1 Å². The van der Waals surface area contributed by atoms with Crippen molar-refractivity contribution in [1.82, 2.24) is 0 Å². The summed E-state index contributed by atoms with van der Waals surface area (Å²) < 4.78 is 12.2. The minimum absolute atomic E-state index is 0.181. The lowest BCUT2D eigenvalue weighted by Crippen LogP contribution is -2.39. The average molecular weight is 292 g/mol. The van der Waals surface area contributed by atoms with E-state index in [1.165, 1.54) is 0 Å². The standard InChI is InChI=1S/C20H20O2/c1-2-20(22-16-17-10-5-3-6-11-17)14-9-15-21-19(20)18-12-7-4-8-13-18/h2-14,19H,1,15-16H2/t19-,20-/m0/s1. The molecule has 0 saturated carbocycles. The molecule has 3 rings (SSSR count). The molecule has 2 atom stereocenters. The summed E-state index contributed by atoms with van der Waals surface area (Å²) in [7, 11) is 0. The number of benzene rings is 2. The van der Waals surface area contributed by atoms with Crippen LogP contribution in [0.4, 0.5) is 0 Å². The van der Waals surface area contributed by atoms with Gasteiger partial charge in [0.15, 0.2) is 0 Å². The third-order valence-corrected chi connectivity index (χ3v) is 3.90. The van der Waals surface area contributed by atoms with E-state index in [2.05, 4.69) is 36.9 Å². The number of ether oxygens (including phenoxy) is 2. The van der Waals surface area contributed by atoms with Crippen LogP contribution in [0.3, 0.4) is 0 Å². The highest BCUT2D eigenvalue weighted by Gasteiger charge is 2.38. The maximum Gasteiger partial charge on any atom is 0.135 e. The van der Waals surface area contributed by atoms with Gasteiger partial charge in [-0.1, -0.05) is 79.4 Å². The maximum atomic E-state index is 6.24. The fraction of sp³-hybridized carbons (Fsp3) is 0.200. The molecule has 1 aliphatic rings. The summed E-state index contributed by atoms with van der Waals surface area (Å²) in [5.41, 5.74) is 1.59. The summed E-state index contributed by atoms with van der Waals surface area (Å²) in [5.74, 6) is 0. The lowest BCUT2D eigenvalue weighted by molar-refractivity contribution is -0.105. The Labute approximate surface area is 131 Å². The maximum absolute atomic E-state index is 6.24. The third kappa shape index (κ3) is 3.03. The number of rotatable bonds is 5. The highest BCUT2D eigenvalue weighted by atomic mass is 16.6. The summed E-state index contributed by atoms with van der Waals surface area (Å²) in [4.78, 5) is 0. The van der Waals surface area contributed by atoms with Crippen molar-refractivity contribution in [3.05, 3.63) is 96.6 Å². The van der Waals surface area contributed by atoms with E-state index in [0.29, 0.717) is 13.2 Å². The average Bonchev–Trinajstić information content (AvgIpc) is 2.62. The van der Waals surface area contributed by atoms with Crippen LogP contribution in [0, 0.1) is 0 Å². The van der Waals surface area contributed by atoms with Crippen LogP contribution in [0.1, 0.15) is 17.2 Å². The smallest absolute Gasteiger partial charge is 0.135 e. The zero-order valence-electron chi connectivity index (χ0n) is 12.5. The molecule has 2 heteroatoms. The fourth-order valence-electron chi connectivity index (χ4n) is 2.73. The number of hydrogen-bond acceptors (Lipinski definition) is 2. The molecule has 0 N–H and O–H groups in total. The molecule has 0 bridgehead atoms. The van der Waals surface area contributed by atoms with Crippen LogP contribution in [0.25, 0.3) is 0 Å². The van der Waals surface area contributed by atoms with Gasteiger partial charge in [-0.3, -0.25) is 0 Å². The second-order valence-corrected chi connectivity index (χ2v) is 5.36. The van der Waals surface area contributed by atoms with Crippen LogP contribution in [0.2, 0.25) is 0 Å². The van der Waals surface area contributed by atoms with Crippen molar-refractivity contribution < 1.29 is 9.47 Å². The van der Waals surface area contributed by atoms with Crippen LogP contribution < -0.4 is 0 Å². The van der Waals surface area contributed by atoms with E-state index in [-0.39, 0.29) is 6.10 Å². The Morgan fingerprint density at radius 3 is 2.45 bits per heavy atom. The molecule has 0 fully saturated rings. The van der Waals surface area contributed by atoms with E-state index in [4.69, 9.17) is 9.47 Å². The normalized spacial score (nSPS) is 24.1. The molecule has 0 spiro atoms. The Hall–Kier alpha value is -2.16. The molecule has 0 aliphatic carbocycles. The van der Waals surface area contributed by atoms with Gasteiger partial charge in [0.05, 0.1) is 13.2 Å². The van der Waals surface area contributed by atoms with E-state index >= 15 is 0 Å². The molecule has 0 amide bonds.